The first-order chi connectivity index (χ1) is 14.1. The number of hydrogen-bond donors (Lipinski definition) is 1. The lowest BCUT2D eigenvalue weighted by atomic mass is 9.98. The van der Waals surface area contributed by atoms with Gasteiger partial charge in [-0.1, -0.05) is 32.0 Å². The van der Waals surface area contributed by atoms with Crippen molar-refractivity contribution in [3.63, 3.8) is 0 Å². The number of aryl methyl sites for hydroxylation is 2. The van der Waals surface area contributed by atoms with Gasteiger partial charge in [0, 0.05) is 31.7 Å². The fourth-order valence-corrected chi connectivity index (χ4v) is 4.02. The van der Waals surface area contributed by atoms with Gasteiger partial charge in [0.1, 0.15) is 0 Å². The van der Waals surface area contributed by atoms with Crippen molar-refractivity contribution in [1.82, 2.24) is 4.90 Å². The summed E-state index contributed by atoms with van der Waals surface area (Å²) < 4.78 is 10.8. The number of carbonyl (C=O) groups is 1. The number of fused-ring (bicyclic) bond motifs is 1. The summed E-state index contributed by atoms with van der Waals surface area (Å²) in [6.07, 6.45) is 3.30. The second kappa shape index (κ2) is 9.68. The van der Waals surface area contributed by atoms with Gasteiger partial charge in [0.2, 0.25) is 5.91 Å². The van der Waals surface area contributed by atoms with Crippen molar-refractivity contribution in [3.8, 4) is 11.5 Å². The van der Waals surface area contributed by atoms with Gasteiger partial charge >= 0.3 is 0 Å². The van der Waals surface area contributed by atoms with E-state index in [2.05, 4.69) is 37.4 Å². The number of nitrogens with zero attached hydrogens (tertiary/aromatic N) is 1. The molecule has 0 saturated carbocycles. The maximum absolute atomic E-state index is 12.8. The third-order valence-corrected chi connectivity index (χ3v) is 5.71. The molecule has 0 atom stereocenters. The van der Waals surface area contributed by atoms with Crippen LogP contribution in [0.25, 0.3) is 0 Å². The molecule has 0 bridgehead atoms. The minimum Gasteiger partial charge on any atom is -0.493 e. The molecule has 5 heteroatoms. The highest BCUT2D eigenvalue weighted by Crippen LogP contribution is 2.33. The second-order valence-corrected chi connectivity index (χ2v) is 7.38. The fourth-order valence-electron chi connectivity index (χ4n) is 4.02. The molecular weight excluding hydrogens is 364 g/mol. The van der Waals surface area contributed by atoms with Crippen LogP contribution < -0.4 is 14.8 Å². The molecule has 2 aromatic carbocycles. The normalized spacial score (nSPS) is 13.0. The molecule has 0 aromatic heterocycles. The Morgan fingerprint density at radius 1 is 1.03 bits per heavy atom. The first-order valence-electron chi connectivity index (χ1n) is 10.5. The molecule has 1 aliphatic rings. The molecular formula is C24H32N2O3. The summed E-state index contributed by atoms with van der Waals surface area (Å²) in [5, 5.41) is 3.52. The molecule has 0 fully saturated rings. The first kappa shape index (κ1) is 21.0. The number of hydrogen-bond acceptors (Lipinski definition) is 4. The average molecular weight is 397 g/mol. The van der Waals surface area contributed by atoms with Gasteiger partial charge in [0.15, 0.2) is 11.5 Å². The van der Waals surface area contributed by atoms with E-state index in [1.807, 2.05) is 17.0 Å². The van der Waals surface area contributed by atoms with Crippen LogP contribution in [0.5, 0.6) is 11.5 Å². The SMILES string of the molecule is CCc1cccc(CC)c1NCCC(=O)N1CCc2cc(OC)c(OC)cc2C1. The van der Waals surface area contributed by atoms with Crippen LogP contribution in [0.4, 0.5) is 5.69 Å². The number of nitrogens with one attached hydrogen (secondary N) is 1. The van der Waals surface area contributed by atoms with Gasteiger partial charge < -0.3 is 19.7 Å². The van der Waals surface area contributed by atoms with E-state index in [4.69, 9.17) is 9.47 Å². The van der Waals surface area contributed by atoms with Crippen LogP contribution in [0.1, 0.15) is 42.5 Å². The zero-order chi connectivity index (χ0) is 20.8. The summed E-state index contributed by atoms with van der Waals surface area (Å²) in [6, 6.07) is 10.5. The maximum Gasteiger partial charge on any atom is 0.224 e. The van der Waals surface area contributed by atoms with E-state index in [9.17, 15) is 4.79 Å². The highest BCUT2D eigenvalue weighted by Gasteiger charge is 2.22. The monoisotopic (exact) mass is 396 g/mol. The second-order valence-electron chi connectivity index (χ2n) is 7.38. The molecule has 5 nitrogen and oxygen atoms in total. The molecule has 1 N–H and O–H groups in total. The van der Waals surface area contributed by atoms with E-state index in [0.717, 1.165) is 37.1 Å². The Morgan fingerprint density at radius 3 is 2.24 bits per heavy atom. The Morgan fingerprint density at radius 2 is 1.66 bits per heavy atom. The predicted octanol–water partition coefficient (Wildman–Crippen LogP) is 4.22. The van der Waals surface area contributed by atoms with Crippen molar-refractivity contribution in [2.45, 2.75) is 46.1 Å². The molecule has 0 saturated heterocycles. The summed E-state index contributed by atoms with van der Waals surface area (Å²) >= 11 is 0. The van der Waals surface area contributed by atoms with Crippen molar-refractivity contribution >= 4 is 11.6 Å². The lowest BCUT2D eigenvalue weighted by Crippen LogP contribution is -2.36. The maximum atomic E-state index is 12.8. The average Bonchev–Trinajstić information content (AvgIpc) is 2.77. The summed E-state index contributed by atoms with van der Waals surface area (Å²) in [6.45, 7) is 6.35. The van der Waals surface area contributed by atoms with Crippen LogP contribution in [0.2, 0.25) is 0 Å². The van der Waals surface area contributed by atoms with Gasteiger partial charge in [-0.15, -0.1) is 0 Å². The molecule has 3 rings (SSSR count). The Hall–Kier alpha value is -2.69. The molecule has 1 heterocycles. The molecule has 0 aliphatic carbocycles. The number of benzene rings is 2. The topological polar surface area (TPSA) is 50.8 Å². The van der Waals surface area contributed by atoms with E-state index in [0.29, 0.717) is 25.3 Å². The molecule has 1 amide bonds. The summed E-state index contributed by atoms with van der Waals surface area (Å²) in [5.41, 5.74) is 6.19. The standard InChI is InChI=1S/C24H32N2O3/c1-5-17-8-7-9-18(6-2)24(17)25-12-10-23(27)26-13-11-19-14-21(28-3)22(29-4)15-20(19)16-26/h7-9,14-15,25H,5-6,10-13,16H2,1-4H3. The van der Waals surface area contributed by atoms with Crippen LogP contribution in [0.3, 0.4) is 0 Å². The van der Waals surface area contributed by atoms with Gasteiger partial charge in [-0.25, -0.2) is 0 Å². The van der Waals surface area contributed by atoms with Gasteiger partial charge in [-0.2, -0.15) is 0 Å². The van der Waals surface area contributed by atoms with Crippen molar-refractivity contribution < 1.29 is 14.3 Å². The van der Waals surface area contributed by atoms with E-state index in [-0.39, 0.29) is 5.91 Å². The Bertz CT molecular complexity index is 841. The molecule has 1 aliphatic heterocycles. The van der Waals surface area contributed by atoms with Gasteiger partial charge in [-0.3, -0.25) is 4.79 Å². The third-order valence-electron chi connectivity index (χ3n) is 5.71. The summed E-state index contributed by atoms with van der Waals surface area (Å²) in [5.74, 6) is 1.65. The zero-order valence-corrected chi connectivity index (χ0v) is 18.0. The number of amides is 1. The number of carbonyl (C=O) groups excluding carboxylic acids is 1. The smallest absolute Gasteiger partial charge is 0.224 e. The molecule has 0 unspecified atom stereocenters. The fraction of sp³-hybridized carbons (Fsp3) is 0.458. The third kappa shape index (κ3) is 4.66. The first-order valence-corrected chi connectivity index (χ1v) is 10.5. The zero-order valence-electron chi connectivity index (χ0n) is 18.0. The lowest BCUT2D eigenvalue weighted by Gasteiger charge is -2.30. The minimum atomic E-state index is 0.185. The molecule has 0 radical (unpaired) electrons. The van der Waals surface area contributed by atoms with Crippen LogP contribution in [-0.4, -0.2) is 38.1 Å². The predicted molar refractivity (Wildman–Crippen MR) is 117 cm³/mol. The van der Waals surface area contributed by atoms with E-state index >= 15 is 0 Å². The van der Waals surface area contributed by atoms with Crippen molar-refractivity contribution in [2.75, 3.05) is 32.6 Å². The quantitative estimate of drug-likeness (QED) is 0.726. The Labute approximate surface area is 174 Å². The molecule has 2 aromatic rings. The number of para-hydroxylation sites is 1. The van der Waals surface area contributed by atoms with Crippen LogP contribution in [0, 0.1) is 0 Å². The van der Waals surface area contributed by atoms with Crippen LogP contribution >= 0.6 is 0 Å². The molecule has 156 valence electrons. The summed E-state index contributed by atoms with van der Waals surface area (Å²) in [7, 11) is 3.29. The Balaban J connectivity index is 1.62. The largest absolute Gasteiger partial charge is 0.493 e. The highest BCUT2D eigenvalue weighted by molar-refractivity contribution is 5.77. The van der Waals surface area contributed by atoms with Gasteiger partial charge in [0.05, 0.1) is 14.2 Å². The van der Waals surface area contributed by atoms with Crippen LogP contribution in [-0.2, 0) is 30.6 Å². The number of rotatable bonds is 8. The highest BCUT2D eigenvalue weighted by atomic mass is 16.5. The lowest BCUT2D eigenvalue weighted by molar-refractivity contribution is -0.131. The van der Waals surface area contributed by atoms with E-state index in [1.54, 1.807) is 14.2 Å². The van der Waals surface area contributed by atoms with Crippen molar-refractivity contribution in [3.05, 3.63) is 52.6 Å². The molecule has 29 heavy (non-hydrogen) atoms. The number of anilines is 1. The molecule has 0 spiro atoms. The summed E-state index contributed by atoms with van der Waals surface area (Å²) in [4.78, 5) is 14.8. The number of methoxy groups -OCH3 is 2. The van der Waals surface area contributed by atoms with Gasteiger partial charge in [0.25, 0.3) is 0 Å². The van der Waals surface area contributed by atoms with Crippen molar-refractivity contribution in [2.24, 2.45) is 0 Å². The van der Waals surface area contributed by atoms with Crippen molar-refractivity contribution in [1.29, 1.82) is 0 Å². The Kier molecular flexibility index (Phi) is 7.02. The van der Waals surface area contributed by atoms with Gasteiger partial charge in [-0.05, 0) is 53.6 Å². The number of ether oxygens (including phenoxy) is 2. The van der Waals surface area contributed by atoms with E-state index < -0.39 is 0 Å². The van der Waals surface area contributed by atoms with E-state index in [1.165, 1.54) is 22.4 Å². The minimum absolute atomic E-state index is 0.185. The van der Waals surface area contributed by atoms with Crippen LogP contribution in [0.15, 0.2) is 30.3 Å².